The van der Waals surface area contributed by atoms with Crippen LogP contribution in [0.1, 0.15) is 26.9 Å². The molecular weight excluding hydrogens is 469 g/mol. The molecule has 0 aliphatic carbocycles. The summed E-state index contributed by atoms with van der Waals surface area (Å²) in [6.07, 6.45) is -4.00. The molecule has 0 radical (unpaired) electrons. The highest BCUT2D eigenvalue weighted by molar-refractivity contribution is 7.89. The number of thiophene rings is 2. The molecule has 0 spiro atoms. The Bertz CT molecular complexity index is 1190. The molecule has 1 aliphatic rings. The summed E-state index contributed by atoms with van der Waals surface area (Å²) in [6.45, 7) is -0.111. The Hall–Kier alpha value is -2.21. The summed E-state index contributed by atoms with van der Waals surface area (Å²) in [4.78, 5) is 16.2. The minimum Gasteiger partial charge on any atom is -0.329 e. The maximum atomic E-state index is 13.0. The Morgan fingerprint density at radius 3 is 2.65 bits per heavy atom. The lowest BCUT2D eigenvalue weighted by Gasteiger charge is -2.35. The van der Waals surface area contributed by atoms with Crippen molar-refractivity contribution in [3.05, 3.63) is 74.1 Å². The first-order chi connectivity index (χ1) is 14.7. The van der Waals surface area contributed by atoms with Crippen LogP contribution in [-0.2, 0) is 27.4 Å². The predicted octanol–water partition coefficient (Wildman–Crippen LogP) is 4.28. The number of carbonyl (C=O) groups excluding carboxylic acids is 1. The van der Waals surface area contributed by atoms with Crippen LogP contribution in [-0.4, -0.2) is 32.3 Å². The number of sulfonamides is 1. The van der Waals surface area contributed by atoms with Gasteiger partial charge in [0.15, 0.2) is 0 Å². The van der Waals surface area contributed by atoms with Crippen molar-refractivity contribution in [1.29, 1.82) is 0 Å². The van der Waals surface area contributed by atoms with Crippen LogP contribution in [0.2, 0.25) is 0 Å². The normalized spacial score (nSPS) is 16.9. The molecule has 0 fully saturated rings. The number of amides is 1. The van der Waals surface area contributed by atoms with E-state index in [1.807, 2.05) is 29.0 Å². The van der Waals surface area contributed by atoms with Gasteiger partial charge in [0.1, 0.15) is 0 Å². The third kappa shape index (κ3) is 4.54. The summed E-state index contributed by atoms with van der Waals surface area (Å²) in [5, 5.41) is 3.88. The molecule has 4 rings (SSSR count). The van der Waals surface area contributed by atoms with Crippen LogP contribution in [0.4, 0.5) is 13.2 Å². The average Bonchev–Trinajstić information content (AvgIpc) is 3.42. The zero-order valence-electron chi connectivity index (χ0n) is 15.9. The van der Waals surface area contributed by atoms with E-state index >= 15 is 0 Å². The highest BCUT2D eigenvalue weighted by atomic mass is 32.2. The van der Waals surface area contributed by atoms with Crippen LogP contribution in [0.3, 0.4) is 0 Å². The lowest BCUT2D eigenvalue weighted by Crippen LogP contribution is -2.45. The number of hydrogen-bond acceptors (Lipinski definition) is 5. The second-order valence-corrected chi connectivity index (χ2v) is 10.7. The zero-order valence-corrected chi connectivity index (χ0v) is 18.4. The van der Waals surface area contributed by atoms with Crippen LogP contribution >= 0.6 is 22.7 Å². The van der Waals surface area contributed by atoms with Crippen molar-refractivity contribution in [2.75, 3.05) is 13.1 Å². The SMILES string of the molecule is O=C(CNS(=O)(=O)c1cccc(C(F)(F)F)c1)N1CCc2sccc2[C@@H]1c1cccs1. The third-order valence-corrected chi connectivity index (χ3v) is 8.30. The van der Waals surface area contributed by atoms with Gasteiger partial charge in [-0.15, -0.1) is 22.7 Å². The molecule has 3 heterocycles. The van der Waals surface area contributed by atoms with Gasteiger partial charge < -0.3 is 4.90 Å². The van der Waals surface area contributed by atoms with E-state index in [0.29, 0.717) is 19.0 Å². The summed E-state index contributed by atoms with van der Waals surface area (Å²) in [7, 11) is -4.29. The van der Waals surface area contributed by atoms with Crippen LogP contribution in [0.5, 0.6) is 0 Å². The smallest absolute Gasteiger partial charge is 0.329 e. The number of carbonyl (C=O) groups is 1. The molecule has 1 N–H and O–H groups in total. The highest BCUT2D eigenvalue weighted by Gasteiger charge is 2.34. The van der Waals surface area contributed by atoms with Gasteiger partial charge in [-0.3, -0.25) is 4.79 Å². The predicted molar refractivity (Wildman–Crippen MR) is 113 cm³/mol. The number of nitrogens with one attached hydrogen (secondary N) is 1. The molecular formula is C20H17F3N2O3S3. The number of fused-ring (bicyclic) bond motifs is 1. The van der Waals surface area contributed by atoms with E-state index in [-0.39, 0.29) is 6.04 Å². The van der Waals surface area contributed by atoms with Gasteiger partial charge in [-0.05, 0) is 53.1 Å². The van der Waals surface area contributed by atoms with Gasteiger partial charge in [-0.2, -0.15) is 13.2 Å². The Kier molecular flexibility index (Phi) is 5.95. The van der Waals surface area contributed by atoms with Crippen LogP contribution in [0, 0.1) is 0 Å². The molecule has 1 aliphatic heterocycles. The number of nitrogens with zero attached hydrogens (tertiary/aromatic N) is 1. The molecule has 0 saturated heterocycles. The minimum atomic E-state index is -4.67. The van der Waals surface area contributed by atoms with Crippen LogP contribution in [0.25, 0.3) is 0 Å². The van der Waals surface area contributed by atoms with E-state index in [0.717, 1.165) is 28.6 Å². The van der Waals surface area contributed by atoms with E-state index < -0.39 is 39.1 Å². The summed E-state index contributed by atoms with van der Waals surface area (Å²) in [5.41, 5.74) is -0.0479. The lowest BCUT2D eigenvalue weighted by molar-refractivity contribution is -0.137. The van der Waals surface area contributed by atoms with Gasteiger partial charge in [0.05, 0.1) is 23.0 Å². The number of halogens is 3. The topological polar surface area (TPSA) is 66.5 Å². The van der Waals surface area contributed by atoms with E-state index in [1.54, 1.807) is 16.2 Å². The molecule has 0 bridgehead atoms. The first-order valence-electron chi connectivity index (χ1n) is 9.23. The van der Waals surface area contributed by atoms with Gasteiger partial charge in [-0.1, -0.05) is 12.1 Å². The van der Waals surface area contributed by atoms with Crippen molar-refractivity contribution < 1.29 is 26.4 Å². The summed E-state index contributed by atoms with van der Waals surface area (Å²) in [5.74, 6) is -0.439. The standard InChI is InChI=1S/C20H17F3N2O3S3/c21-20(22,23)13-3-1-4-14(11-13)31(27,28)24-12-18(26)25-8-6-16-15(7-10-30-16)19(25)17-5-2-9-29-17/h1-5,7,9-11,19,24H,6,8,12H2/t19-/m1/s1. The number of hydrogen-bond donors (Lipinski definition) is 1. The Balaban J connectivity index is 1.53. The Labute approximate surface area is 185 Å². The van der Waals surface area contributed by atoms with Crippen molar-refractivity contribution in [3.8, 4) is 0 Å². The second kappa shape index (κ2) is 8.38. The summed E-state index contributed by atoms with van der Waals surface area (Å²) in [6, 6.07) is 8.91. The van der Waals surface area contributed by atoms with Crippen molar-refractivity contribution >= 4 is 38.6 Å². The third-order valence-electron chi connectivity index (χ3n) is 4.98. The number of benzene rings is 1. The Morgan fingerprint density at radius 2 is 1.94 bits per heavy atom. The van der Waals surface area contributed by atoms with Crippen molar-refractivity contribution in [2.45, 2.75) is 23.5 Å². The molecule has 5 nitrogen and oxygen atoms in total. The van der Waals surface area contributed by atoms with Gasteiger partial charge in [0.2, 0.25) is 15.9 Å². The molecule has 3 aromatic rings. The quantitative estimate of drug-likeness (QED) is 0.586. The van der Waals surface area contributed by atoms with E-state index in [2.05, 4.69) is 4.72 Å². The number of rotatable bonds is 5. The minimum absolute atomic E-state index is 0.305. The lowest BCUT2D eigenvalue weighted by atomic mass is 9.98. The molecule has 31 heavy (non-hydrogen) atoms. The largest absolute Gasteiger partial charge is 0.416 e. The van der Waals surface area contributed by atoms with E-state index in [1.165, 1.54) is 16.2 Å². The maximum Gasteiger partial charge on any atom is 0.416 e. The van der Waals surface area contributed by atoms with E-state index in [9.17, 15) is 26.4 Å². The summed E-state index contributed by atoms with van der Waals surface area (Å²) >= 11 is 3.13. The van der Waals surface area contributed by atoms with Gasteiger partial charge in [0, 0.05) is 16.3 Å². The monoisotopic (exact) mass is 486 g/mol. The second-order valence-electron chi connectivity index (χ2n) is 6.90. The van der Waals surface area contributed by atoms with Gasteiger partial charge in [-0.25, -0.2) is 13.1 Å². The van der Waals surface area contributed by atoms with Crippen molar-refractivity contribution in [2.24, 2.45) is 0 Å². The molecule has 0 unspecified atom stereocenters. The average molecular weight is 487 g/mol. The first kappa shape index (κ1) is 22.0. The number of alkyl halides is 3. The molecule has 1 aromatic carbocycles. The van der Waals surface area contributed by atoms with Crippen molar-refractivity contribution in [3.63, 3.8) is 0 Å². The van der Waals surface area contributed by atoms with E-state index in [4.69, 9.17) is 0 Å². The Morgan fingerprint density at radius 1 is 1.13 bits per heavy atom. The summed E-state index contributed by atoms with van der Waals surface area (Å²) < 4.78 is 65.9. The van der Waals surface area contributed by atoms with Gasteiger partial charge in [0.25, 0.3) is 0 Å². The van der Waals surface area contributed by atoms with Gasteiger partial charge >= 0.3 is 6.18 Å². The molecule has 1 amide bonds. The van der Waals surface area contributed by atoms with Crippen LogP contribution in [0.15, 0.2) is 58.1 Å². The molecule has 1 atom stereocenters. The highest BCUT2D eigenvalue weighted by Crippen LogP contribution is 2.39. The molecule has 11 heteroatoms. The fourth-order valence-corrected chi connectivity index (χ4v) is 6.30. The van der Waals surface area contributed by atoms with Crippen LogP contribution < -0.4 is 4.72 Å². The molecule has 164 valence electrons. The maximum absolute atomic E-state index is 13.0. The first-order valence-corrected chi connectivity index (χ1v) is 12.5. The zero-order chi connectivity index (χ0) is 22.2. The van der Waals surface area contributed by atoms with Crippen molar-refractivity contribution in [1.82, 2.24) is 9.62 Å². The molecule has 0 saturated carbocycles. The fourth-order valence-electron chi connectivity index (χ4n) is 3.52. The fraction of sp³-hybridized carbons (Fsp3) is 0.250. The molecule has 2 aromatic heterocycles.